The number of hydrogen-bond acceptors (Lipinski definition) is 4. The lowest BCUT2D eigenvalue weighted by Crippen LogP contribution is -2.41. The van der Waals surface area contributed by atoms with Crippen molar-refractivity contribution in [3.8, 4) is 0 Å². The molecule has 23 heavy (non-hydrogen) atoms. The molecule has 1 aromatic heterocycles. The molecule has 2 aromatic rings. The van der Waals surface area contributed by atoms with Crippen molar-refractivity contribution in [2.45, 2.75) is 12.8 Å². The Morgan fingerprint density at radius 2 is 2.04 bits per heavy atom. The van der Waals surface area contributed by atoms with E-state index in [9.17, 15) is 9.59 Å². The minimum atomic E-state index is -0.283. The molecule has 1 aromatic carbocycles. The maximum absolute atomic E-state index is 12.2. The summed E-state index contributed by atoms with van der Waals surface area (Å²) >= 11 is 0. The van der Waals surface area contributed by atoms with E-state index in [1.54, 1.807) is 11.0 Å². The lowest BCUT2D eigenvalue weighted by Gasteiger charge is -2.30. The largest absolute Gasteiger partial charge is 0.453 e. The van der Waals surface area contributed by atoms with Gasteiger partial charge < -0.3 is 19.4 Å². The third kappa shape index (κ3) is 3.47. The summed E-state index contributed by atoms with van der Waals surface area (Å²) < 4.78 is 10.3. The Labute approximate surface area is 134 Å². The predicted octanol–water partition coefficient (Wildman–Crippen LogP) is 2.64. The number of furan rings is 1. The molecule has 0 atom stereocenters. The number of benzene rings is 1. The molecule has 0 unspecified atom stereocenters. The van der Waals surface area contributed by atoms with Gasteiger partial charge in [-0.05, 0) is 30.9 Å². The lowest BCUT2D eigenvalue weighted by molar-refractivity contribution is 0.0892. The van der Waals surface area contributed by atoms with Gasteiger partial charge in [0.2, 0.25) is 0 Å². The predicted molar refractivity (Wildman–Crippen MR) is 85.2 cm³/mol. The van der Waals surface area contributed by atoms with Gasteiger partial charge in [-0.3, -0.25) is 4.79 Å². The van der Waals surface area contributed by atoms with Crippen LogP contribution >= 0.6 is 0 Å². The van der Waals surface area contributed by atoms with Gasteiger partial charge in [-0.1, -0.05) is 18.2 Å². The van der Waals surface area contributed by atoms with Crippen molar-refractivity contribution in [3.05, 3.63) is 36.1 Å². The Morgan fingerprint density at radius 3 is 2.74 bits per heavy atom. The highest BCUT2D eigenvalue weighted by molar-refractivity contribution is 5.96. The second-order valence-electron chi connectivity index (χ2n) is 5.76. The zero-order chi connectivity index (χ0) is 16.2. The van der Waals surface area contributed by atoms with Crippen molar-refractivity contribution < 1.29 is 18.7 Å². The Balaban J connectivity index is 1.51. The molecule has 1 aliphatic rings. The summed E-state index contributed by atoms with van der Waals surface area (Å²) in [6.07, 6.45) is 1.43. The van der Waals surface area contributed by atoms with E-state index in [0.717, 1.165) is 18.2 Å². The Kier molecular flexibility index (Phi) is 4.50. The van der Waals surface area contributed by atoms with Crippen LogP contribution in [0, 0.1) is 5.92 Å². The first-order valence-electron chi connectivity index (χ1n) is 7.77. The number of likely N-dealkylation sites (tertiary alicyclic amines) is 1. The van der Waals surface area contributed by atoms with Crippen LogP contribution < -0.4 is 5.32 Å². The van der Waals surface area contributed by atoms with Gasteiger partial charge in [0.25, 0.3) is 5.91 Å². The number of hydrogen-bond donors (Lipinski definition) is 1. The van der Waals surface area contributed by atoms with Crippen LogP contribution in [-0.4, -0.2) is 43.6 Å². The molecule has 0 saturated carbocycles. The van der Waals surface area contributed by atoms with Crippen molar-refractivity contribution >= 4 is 23.0 Å². The van der Waals surface area contributed by atoms with E-state index in [-0.39, 0.29) is 12.0 Å². The Morgan fingerprint density at radius 1 is 1.30 bits per heavy atom. The highest BCUT2D eigenvalue weighted by Gasteiger charge is 2.23. The van der Waals surface area contributed by atoms with E-state index in [0.29, 0.717) is 36.9 Å². The number of carbonyl (C=O) groups is 2. The molecule has 1 saturated heterocycles. The molecule has 0 aliphatic carbocycles. The SMILES string of the molecule is COC(=O)N1CCC(CNC(=O)c2cc3ccccc3o2)CC1. The minimum Gasteiger partial charge on any atom is -0.453 e. The van der Waals surface area contributed by atoms with Gasteiger partial charge in [-0.2, -0.15) is 0 Å². The molecule has 2 amide bonds. The molecule has 2 heterocycles. The van der Waals surface area contributed by atoms with Crippen LogP contribution in [0.25, 0.3) is 11.0 Å². The second-order valence-corrected chi connectivity index (χ2v) is 5.76. The number of nitrogens with zero attached hydrogens (tertiary/aromatic N) is 1. The van der Waals surface area contributed by atoms with Gasteiger partial charge in [0.05, 0.1) is 7.11 Å². The number of para-hydroxylation sites is 1. The molecular formula is C17H20N2O4. The van der Waals surface area contributed by atoms with Crippen LogP contribution in [0.15, 0.2) is 34.7 Å². The van der Waals surface area contributed by atoms with Gasteiger partial charge in [0.1, 0.15) is 5.58 Å². The van der Waals surface area contributed by atoms with E-state index < -0.39 is 0 Å². The molecule has 1 fully saturated rings. The summed E-state index contributed by atoms with van der Waals surface area (Å²) in [4.78, 5) is 25.3. The van der Waals surface area contributed by atoms with E-state index in [1.807, 2.05) is 24.3 Å². The fourth-order valence-corrected chi connectivity index (χ4v) is 2.87. The highest BCUT2D eigenvalue weighted by Crippen LogP contribution is 2.20. The number of methoxy groups -OCH3 is 1. The number of carbonyl (C=O) groups excluding carboxylic acids is 2. The van der Waals surface area contributed by atoms with Crippen LogP contribution in [0.1, 0.15) is 23.4 Å². The van der Waals surface area contributed by atoms with Crippen LogP contribution in [-0.2, 0) is 4.74 Å². The number of rotatable bonds is 3. The fraction of sp³-hybridized carbons (Fsp3) is 0.412. The van der Waals surface area contributed by atoms with Crippen LogP contribution in [0.4, 0.5) is 4.79 Å². The van der Waals surface area contributed by atoms with E-state index in [2.05, 4.69) is 5.32 Å². The molecule has 1 aliphatic heterocycles. The highest BCUT2D eigenvalue weighted by atomic mass is 16.5. The number of ether oxygens (including phenoxy) is 1. The Hall–Kier alpha value is -2.50. The van der Waals surface area contributed by atoms with Crippen molar-refractivity contribution in [1.29, 1.82) is 0 Å². The number of nitrogens with one attached hydrogen (secondary N) is 1. The van der Waals surface area contributed by atoms with Crippen molar-refractivity contribution in [2.75, 3.05) is 26.7 Å². The first-order chi connectivity index (χ1) is 11.2. The third-order valence-corrected chi connectivity index (χ3v) is 4.25. The van der Waals surface area contributed by atoms with E-state index >= 15 is 0 Å². The lowest BCUT2D eigenvalue weighted by atomic mass is 9.97. The smallest absolute Gasteiger partial charge is 0.409 e. The van der Waals surface area contributed by atoms with Gasteiger partial charge in [0.15, 0.2) is 5.76 Å². The molecular weight excluding hydrogens is 296 g/mol. The van der Waals surface area contributed by atoms with Crippen LogP contribution in [0.3, 0.4) is 0 Å². The maximum atomic E-state index is 12.2. The maximum Gasteiger partial charge on any atom is 0.409 e. The molecule has 0 radical (unpaired) electrons. The first kappa shape index (κ1) is 15.4. The average Bonchev–Trinajstić information content (AvgIpc) is 3.03. The first-order valence-corrected chi connectivity index (χ1v) is 7.77. The summed E-state index contributed by atoms with van der Waals surface area (Å²) in [7, 11) is 1.39. The summed E-state index contributed by atoms with van der Waals surface area (Å²) in [6, 6.07) is 9.30. The topological polar surface area (TPSA) is 71.8 Å². The van der Waals surface area contributed by atoms with Gasteiger partial charge in [-0.15, -0.1) is 0 Å². The van der Waals surface area contributed by atoms with E-state index in [1.165, 1.54) is 7.11 Å². The standard InChI is InChI=1S/C17H20N2O4/c1-22-17(21)19-8-6-12(7-9-19)11-18-16(20)15-10-13-4-2-3-5-14(13)23-15/h2-5,10,12H,6-9,11H2,1H3,(H,18,20). The zero-order valence-electron chi connectivity index (χ0n) is 13.1. The normalized spacial score (nSPS) is 15.6. The van der Waals surface area contributed by atoms with Crippen LogP contribution in [0.5, 0.6) is 0 Å². The molecule has 0 bridgehead atoms. The van der Waals surface area contributed by atoms with Crippen molar-refractivity contribution in [3.63, 3.8) is 0 Å². The van der Waals surface area contributed by atoms with Gasteiger partial charge in [-0.25, -0.2) is 4.79 Å². The van der Waals surface area contributed by atoms with E-state index in [4.69, 9.17) is 9.15 Å². The minimum absolute atomic E-state index is 0.198. The summed E-state index contributed by atoms with van der Waals surface area (Å²) in [5, 5.41) is 3.84. The quantitative estimate of drug-likeness (QED) is 0.945. The van der Waals surface area contributed by atoms with Crippen molar-refractivity contribution in [1.82, 2.24) is 10.2 Å². The number of piperidine rings is 1. The molecule has 0 spiro atoms. The summed E-state index contributed by atoms with van der Waals surface area (Å²) in [5.74, 6) is 0.499. The third-order valence-electron chi connectivity index (χ3n) is 4.25. The van der Waals surface area contributed by atoms with Crippen molar-refractivity contribution in [2.24, 2.45) is 5.92 Å². The summed E-state index contributed by atoms with van der Waals surface area (Å²) in [6.45, 7) is 1.92. The summed E-state index contributed by atoms with van der Waals surface area (Å²) in [5.41, 5.74) is 0.712. The fourth-order valence-electron chi connectivity index (χ4n) is 2.87. The molecule has 6 nitrogen and oxygen atoms in total. The average molecular weight is 316 g/mol. The monoisotopic (exact) mass is 316 g/mol. The number of amides is 2. The molecule has 1 N–H and O–H groups in total. The van der Waals surface area contributed by atoms with Crippen LogP contribution in [0.2, 0.25) is 0 Å². The zero-order valence-corrected chi connectivity index (χ0v) is 13.1. The van der Waals surface area contributed by atoms with Gasteiger partial charge >= 0.3 is 6.09 Å². The molecule has 122 valence electrons. The van der Waals surface area contributed by atoms with Gasteiger partial charge in [0, 0.05) is 25.0 Å². The number of fused-ring (bicyclic) bond motifs is 1. The molecule has 3 rings (SSSR count). The molecule has 6 heteroatoms. The second kappa shape index (κ2) is 6.73. The Bertz CT molecular complexity index is 668.